The molecule has 1 heterocycles. The third-order valence-corrected chi connectivity index (χ3v) is 4.64. The summed E-state index contributed by atoms with van der Waals surface area (Å²) in [4.78, 5) is 16.4. The Morgan fingerprint density at radius 3 is 2.77 bits per heavy atom. The van der Waals surface area contributed by atoms with Crippen molar-refractivity contribution in [3.8, 4) is 5.75 Å². The van der Waals surface area contributed by atoms with Crippen LogP contribution in [0.2, 0.25) is 5.02 Å². The van der Waals surface area contributed by atoms with E-state index in [4.69, 9.17) is 16.3 Å². The number of nitrogens with zero attached hydrogens (tertiary/aromatic N) is 1. The van der Waals surface area contributed by atoms with E-state index in [1.807, 2.05) is 31.2 Å². The number of aryl methyl sites for hydroxylation is 1. The van der Waals surface area contributed by atoms with Crippen molar-refractivity contribution in [3.05, 3.63) is 74.9 Å². The summed E-state index contributed by atoms with van der Waals surface area (Å²) in [6, 6.07) is 11.9. The van der Waals surface area contributed by atoms with Crippen LogP contribution in [0.1, 0.15) is 16.3 Å². The lowest BCUT2D eigenvalue weighted by molar-refractivity contribution is -0.115. The molecule has 0 aliphatic rings. The number of hydrogen-bond acceptors (Lipinski definition) is 4. The van der Waals surface area contributed by atoms with Gasteiger partial charge in [0.05, 0.1) is 17.8 Å². The molecule has 0 bridgehead atoms. The molecule has 0 spiro atoms. The van der Waals surface area contributed by atoms with Gasteiger partial charge in [-0.1, -0.05) is 29.3 Å². The second-order valence-electron chi connectivity index (χ2n) is 5.68. The SMILES string of the molecule is Cc1ccc(OCc2nc(CC(=O)Nc3ccc(Cl)cc3F)cs2)cc1. The monoisotopic (exact) mass is 390 g/mol. The van der Waals surface area contributed by atoms with Crippen LogP contribution in [0, 0.1) is 12.7 Å². The fourth-order valence-electron chi connectivity index (χ4n) is 2.23. The van der Waals surface area contributed by atoms with Crippen molar-refractivity contribution < 1.29 is 13.9 Å². The summed E-state index contributed by atoms with van der Waals surface area (Å²) in [6.45, 7) is 2.35. The molecule has 3 aromatic rings. The molecule has 0 atom stereocenters. The van der Waals surface area contributed by atoms with Gasteiger partial charge in [-0.15, -0.1) is 11.3 Å². The highest BCUT2D eigenvalue weighted by molar-refractivity contribution is 7.09. The van der Waals surface area contributed by atoms with Gasteiger partial charge in [-0.25, -0.2) is 9.37 Å². The number of carbonyl (C=O) groups excluding carboxylic acids is 1. The molecule has 1 aromatic heterocycles. The second-order valence-corrected chi connectivity index (χ2v) is 7.06. The van der Waals surface area contributed by atoms with Gasteiger partial charge >= 0.3 is 0 Å². The number of nitrogens with one attached hydrogen (secondary N) is 1. The predicted molar refractivity (Wildman–Crippen MR) is 101 cm³/mol. The number of ether oxygens (including phenoxy) is 1. The summed E-state index contributed by atoms with van der Waals surface area (Å²) >= 11 is 7.11. The van der Waals surface area contributed by atoms with Crippen LogP contribution in [0.15, 0.2) is 47.8 Å². The van der Waals surface area contributed by atoms with E-state index >= 15 is 0 Å². The molecule has 0 saturated carbocycles. The van der Waals surface area contributed by atoms with Gasteiger partial charge in [0.15, 0.2) is 0 Å². The zero-order valence-corrected chi connectivity index (χ0v) is 15.5. The van der Waals surface area contributed by atoms with E-state index in [2.05, 4.69) is 10.3 Å². The smallest absolute Gasteiger partial charge is 0.230 e. The van der Waals surface area contributed by atoms with Gasteiger partial charge in [-0.2, -0.15) is 0 Å². The van der Waals surface area contributed by atoms with E-state index in [9.17, 15) is 9.18 Å². The second kappa shape index (κ2) is 8.29. The number of rotatable bonds is 6. The average molecular weight is 391 g/mol. The summed E-state index contributed by atoms with van der Waals surface area (Å²) in [5.41, 5.74) is 1.87. The van der Waals surface area contributed by atoms with Crippen molar-refractivity contribution in [3.63, 3.8) is 0 Å². The van der Waals surface area contributed by atoms with Crippen molar-refractivity contribution in [2.24, 2.45) is 0 Å². The van der Waals surface area contributed by atoms with E-state index in [0.717, 1.165) is 22.4 Å². The molecular weight excluding hydrogens is 375 g/mol. The van der Waals surface area contributed by atoms with Gasteiger partial charge in [0.1, 0.15) is 23.2 Å². The van der Waals surface area contributed by atoms with E-state index in [1.165, 1.54) is 23.5 Å². The molecule has 0 radical (unpaired) electrons. The largest absolute Gasteiger partial charge is 0.486 e. The van der Waals surface area contributed by atoms with Crippen molar-refractivity contribution in [1.82, 2.24) is 4.98 Å². The zero-order chi connectivity index (χ0) is 18.5. The average Bonchev–Trinajstić information content (AvgIpc) is 3.04. The first-order valence-electron chi connectivity index (χ1n) is 7.87. The predicted octanol–water partition coefficient (Wildman–Crippen LogP) is 5.00. The highest BCUT2D eigenvalue weighted by atomic mass is 35.5. The van der Waals surface area contributed by atoms with Crippen molar-refractivity contribution in [2.75, 3.05) is 5.32 Å². The van der Waals surface area contributed by atoms with Crippen LogP contribution in [0.5, 0.6) is 5.75 Å². The first-order chi connectivity index (χ1) is 12.5. The Morgan fingerprint density at radius 2 is 2.04 bits per heavy atom. The maximum atomic E-state index is 13.7. The minimum atomic E-state index is -0.573. The topological polar surface area (TPSA) is 51.2 Å². The number of carbonyl (C=O) groups is 1. The van der Waals surface area contributed by atoms with E-state index in [0.29, 0.717) is 12.3 Å². The number of amides is 1. The summed E-state index contributed by atoms with van der Waals surface area (Å²) in [5, 5.41) is 5.36. The minimum absolute atomic E-state index is 0.0586. The van der Waals surface area contributed by atoms with Crippen molar-refractivity contribution in [1.29, 1.82) is 0 Å². The minimum Gasteiger partial charge on any atom is -0.486 e. The van der Waals surface area contributed by atoms with E-state index in [1.54, 1.807) is 5.38 Å². The van der Waals surface area contributed by atoms with Crippen LogP contribution >= 0.6 is 22.9 Å². The zero-order valence-electron chi connectivity index (χ0n) is 14.0. The third-order valence-electron chi connectivity index (χ3n) is 3.53. The Bertz CT molecular complexity index is 912. The van der Waals surface area contributed by atoms with Gasteiger partial charge in [-0.05, 0) is 37.3 Å². The first-order valence-corrected chi connectivity index (χ1v) is 9.13. The highest BCUT2D eigenvalue weighted by Gasteiger charge is 2.11. The maximum absolute atomic E-state index is 13.7. The van der Waals surface area contributed by atoms with E-state index in [-0.39, 0.29) is 23.0 Å². The molecule has 26 heavy (non-hydrogen) atoms. The molecule has 0 unspecified atom stereocenters. The lowest BCUT2D eigenvalue weighted by Gasteiger charge is -2.05. The Morgan fingerprint density at radius 1 is 1.27 bits per heavy atom. The Balaban J connectivity index is 1.54. The van der Waals surface area contributed by atoms with E-state index < -0.39 is 5.82 Å². The van der Waals surface area contributed by atoms with Gasteiger partial charge in [-0.3, -0.25) is 4.79 Å². The van der Waals surface area contributed by atoms with Crippen LogP contribution in [-0.4, -0.2) is 10.9 Å². The number of benzene rings is 2. The number of hydrogen-bond donors (Lipinski definition) is 1. The standard InChI is InChI=1S/C19H16ClFN2O2S/c1-12-2-5-15(6-3-12)25-10-19-22-14(11-26-19)9-18(24)23-17-7-4-13(20)8-16(17)21/h2-8,11H,9-10H2,1H3,(H,23,24). The number of anilines is 1. The van der Waals surface area contributed by atoms with Crippen molar-refractivity contribution in [2.45, 2.75) is 20.0 Å². The molecule has 0 saturated heterocycles. The molecule has 3 rings (SSSR count). The maximum Gasteiger partial charge on any atom is 0.230 e. The number of thiazole rings is 1. The fourth-order valence-corrected chi connectivity index (χ4v) is 3.09. The van der Waals surface area contributed by atoms with Gasteiger partial charge in [0.25, 0.3) is 0 Å². The summed E-state index contributed by atoms with van der Waals surface area (Å²) in [6.07, 6.45) is 0.0586. The molecule has 134 valence electrons. The summed E-state index contributed by atoms with van der Waals surface area (Å²) in [7, 11) is 0. The quantitative estimate of drug-likeness (QED) is 0.644. The highest BCUT2D eigenvalue weighted by Crippen LogP contribution is 2.20. The van der Waals surface area contributed by atoms with Crippen molar-refractivity contribution >= 4 is 34.5 Å². The molecule has 2 aromatic carbocycles. The Labute approximate surface area is 159 Å². The molecule has 4 nitrogen and oxygen atoms in total. The summed E-state index contributed by atoms with van der Waals surface area (Å²) < 4.78 is 19.4. The van der Waals surface area contributed by atoms with Crippen LogP contribution in [0.25, 0.3) is 0 Å². The molecule has 0 aliphatic carbocycles. The normalized spacial score (nSPS) is 10.6. The number of halogens is 2. The first kappa shape index (κ1) is 18.4. The summed E-state index contributed by atoms with van der Waals surface area (Å²) in [5.74, 6) is -0.151. The third kappa shape index (κ3) is 5.03. The molecule has 7 heteroatoms. The van der Waals surface area contributed by atoms with Crippen LogP contribution in [0.4, 0.5) is 10.1 Å². The molecule has 1 amide bonds. The van der Waals surface area contributed by atoms with Gasteiger partial charge in [0, 0.05) is 10.4 Å². The Kier molecular flexibility index (Phi) is 5.85. The fraction of sp³-hybridized carbons (Fsp3) is 0.158. The lowest BCUT2D eigenvalue weighted by atomic mass is 10.2. The Hall–Kier alpha value is -2.44. The molecular formula is C19H16ClFN2O2S. The van der Waals surface area contributed by atoms with Crippen LogP contribution in [0.3, 0.4) is 0 Å². The van der Waals surface area contributed by atoms with Gasteiger partial charge in [0.2, 0.25) is 5.91 Å². The molecule has 0 fully saturated rings. The van der Waals surface area contributed by atoms with Crippen LogP contribution < -0.4 is 10.1 Å². The lowest BCUT2D eigenvalue weighted by Crippen LogP contribution is -2.15. The molecule has 0 aliphatic heterocycles. The van der Waals surface area contributed by atoms with Gasteiger partial charge < -0.3 is 10.1 Å². The van der Waals surface area contributed by atoms with Crippen LogP contribution in [-0.2, 0) is 17.8 Å². The number of aromatic nitrogens is 1. The molecule has 1 N–H and O–H groups in total.